The molecule has 1 aliphatic rings. The second-order valence-electron chi connectivity index (χ2n) is 4.25. The smallest absolute Gasteiger partial charge is 0.136 e. The number of nitrogens with two attached hydrogens (primary N) is 1. The molecule has 3 heteroatoms. The maximum atomic E-state index is 5.84. The van der Waals surface area contributed by atoms with Gasteiger partial charge in [0, 0.05) is 16.8 Å². The molecule has 84 valence electrons. The zero-order valence-electron chi connectivity index (χ0n) is 9.32. The molecule has 2 aromatic rings. The Morgan fingerprint density at radius 1 is 1.44 bits per heavy atom. The SMILES string of the molecule is COc1cccc2c(C3CC3)c(CN)sc12. The summed E-state index contributed by atoms with van der Waals surface area (Å²) in [5, 5.41) is 1.35. The molecule has 0 aliphatic heterocycles. The lowest BCUT2D eigenvalue weighted by atomic mass is 10.1. The topological polar surface area (TPSA) is 35.2 Å². The van der Waals surface area contributed by atoms with Crippen LogP contribution in [0.4, 0.5) is 0 Å². The van der Waals surface area contributed by atoms with Crippen molar-refractivity contribution in [2.45, 2.75) is 25.3 Å². The van der Waals surface area contributed by atoms with Gasteiger partial charge in [-0.05, 0) is 30.4 Å². The van der Waals surface area contributed by atoms with E-state index < -0.39 is 0 Å². The highest BCUT2D eigenvalue weighted by molar-refractivity contribution is 7.19. The molecule has 2 nitrogen and oxygen atoms in total. The van der Waals surface area contributed by atoms with Gasteiger partial charge in [-0.3, -0.25) is 0 Å². The summed E-state index contributed by atoms with van der Waals surface area (Å²) in [4.78, 5) is 1.34. The molecule has 0 atom stereocenters. The fraction of sp³-hybridized carbons (Fsp3) is 0.385. The van der Waals surface area contributed by atoms with Crippen LogP contribution < -0.4 is 10.5 Å². The number of ether oxygens (including phenoxy) is 1. The van der Waals surface area contributed by atoms with Gasteiger partial charge in [0.25, 0.3) is 0 Å². The van der Waals surface area contributed by atoms with Crippen LogP contribution in [0.5, 0.6) is 5.75 Å². The molecule has 2 N–H and O–H groups in total. The molecule has 1 fully saturated rings. The fourth-order valence-corrected chi connectivity index (χ4v) is 3.55. The Labute approximate surface area is 99.0 Å². The van der Waals surface area contributed by atoms with Crippen molar-refractivity contribution >= 4 is 21.4 Å². The molecule has 16 heavy (non-hydrogen) atoms. The summed E-state index contributed by atoms with van der Waals surface area (Å²) in [5.74, 6) is 1.73. The molecular weight excluding hydrogens is 218 g/mol. The van der Waals surface area contributed by atoms with Crippen LogP contribution in [0.2, 0.25) is 0 Å². The van der Waals surface area contributed by atoms with E-state index >= 15 is 0 Å². The Hall–Kier alpha value is -1.06. The molecule has 1 aliphatic carbocycles. The van der Waals surface area contributed by atoms with Gasteiger partial charge in [0.1, 0.15) is 5.75 Å². The number of thiophene rings is 1. The minimum absolute atomic E-state index is 0.647. The van der Waals surface area contributed by atoms with Gasteiger partial charge in [0.05, 0.1) is 11.8 Å². The third kappa shape index (κ3) is 1.43. The molecular formula is C13H15NOS. The van der Waals surface area contributed by atoms with Crippen LogP contribution in [-0.2, 0) is 6.54 Å². The minimum Gasteiger partial charge on any atom is -0.495 e. The maximum Gasteiger partial charge on any atom is 0.136 e. The Bertz CT molecular complexity index is 528. The summed E-state index contributed by atoms with van der Waals surface area (Å²) in [7, 11) is 1.73. The summed E-state index contributed by atoms with van der Waals surface area (Å²) < 4.78 is 6.67. The average Bonchev–Trinajstić information content (AvgIpc) is 3.08. The number of benzene rings is 1. The summed E-state index contributed by atoms with van der Waals surface area (Å²) in [6.45, 7) is 0.647. The summed E-state index contributed by atoms with van der Waals surface area (Å²) in [6.07, 6.45) is 2.63. The molecule has 1 aromatic carbocycles. The van der Waals surface area contributed by atoms with E-state index in [1.165, 1.54) is 33.4 Å². The maximum absolute atomic E-state index is 5.84. The second kappa shape index (κ2) is 3.75. The highest BCUT2D eigenvalue weighted by Gasteiger charge is 2.29. The average molecular weight is 233 g/mol. The van der Waals surface area contributed by atoms with Crippen molar-refractivity contribution in [1.29, 1.82) is 0 Å². The van der Waals surface area contributed by atoms with E-state index in [-0.39, 0.29) is 0 Å². The molecule has 1 aromatic heterocycles. The van der Waals surface area contributed by atoms with E-state index in [0.29, 0.717) is 6.54 Å². The minimum atomic E-state index is 0.647. The lowest BCUT2D eigenvalue weighted by molar-refractivity contribution is 0.420. The fourth-order valence-electron chi connectivity index (χ4n) is 2.29. The van der Waals surface area contributed by atoms with Crippen LogP contribution in [0.15, 0.2) is 18.2 Å². The van der Waals surface area contributed by atoms with E-state index in [1.54, 1.807) is 18.4 Å². The predicted octanol–water partition coefficient (Wildman–Crippen LogP) is 3.25. The summed E-state index contributed by atoms with van der Waals surface area (Å²) >= 11 is 1.79. The van der Waals surface area contributed by atoms with E-state index in [2.05, 4.69) is 12.1 Å². The van der Waals surface area contributed by atoms with E-state index in [4.69, 9.17) is 10.5 Å². The number of methoxy groups -OCH3 is 1. The number of rotatable bonds is 3. The zero-order valence-corrected chi connectivity index (χ0v) is 10.1. The quantitative estimate of drug-likeness (QED) is 0.883. The first-order valence-corrected chi connectivity index (χ1v) is 6.45. The Morgan fingerprint density at radius 3 is 2.88 bits per heavy atom. The van der Waals surface area contributed by atoms with Crippen molar-refractivity contribution in [2.24, 2.45) is 5.73 Å². The van der Waals surface area contributed by atoms with Crippen LogP contribution in [0, 0.1) is 0 Å². The van der Waals surface area contributed by atoms with Crippen molar-refractivity contribution in [3.63, 3.8) is 0 Å². The van der Waals surface area contributed by atoms with Crippen LogP contribution in [0.3, 0.4) is 0 Å². The van der Waals surface area contributed by atoms with E-state index in [0.717, 1.165) is 11.7 Å². The number of fused-ring (bicyclic) bond motifs is 1. The van der Waals surface area contributed by atoms with Crippen molar-refractivity contribution in [1.82, 2.24) is 0 Å². The first-order chi connectivity index (χ1) is 7.85. The van der Waals surface area contributed by atoms with Crippen molar-refractivity contribution < 1.29 is 4.74 Å². The van der Waals surface area contributed by atoms with Crippen LogP contribution in [0.1, 0.15) is 29.2 Å². The van der Waals surface area contributed by atoms with Crippen LogP contribution in [-0.4, -0.2) is 7.11 Å². The lowest BCUT2D eigenvalue weighted by Gasteiger charge is -2.01. The van der Waals surface area contributed by atoms with Gasteiger partial charge in [0.15, 0.2) is 0 Å². The number of hydrogen-bond acceptors (Lipinski definition) is 3. The van der Waals surface area contributed by atoms with Gasteiger partial charge >= 0.3 is 0 Å². The highest BCUT2D eigenvalue weighted by Crippen LogP contribution is 2.49. The molecule has 3 rings (SSSR count). The van der Waals surface area contributed by atoms with Crippen molar-refractivity contribution in [2.75, 3.05) is 7.11 Å². The van der Waals surface area contributed by atoms with Gasteiger partial charge < -0.3 is 10.5 Å². The zero-order chi connectivity index (χ0) is 11.1. The molecule has 0 radical (unpaired) electrons. The molecule has 0 saturated heterocycles. The Morgan fingerprint density at radius 2 is 2.25 bits per heavy atom. The van der Waals surface area contributed by atoms with Gasteiger partial charge in [-0.1, -0.05) is 12.1 Å². The summed E-state index contributed by atoms with van der Waals surface area (Å²) in [5.41, 5.74) is 7.33. The first-order valence-electron chi connectivity index (χ1n) is 5.63. The van der Waals surface area contributed by atoms with E-state index in [9.17, 15) is 0 Å². The standard InChI is InChI=1S/C13H15NOS/c1-15-10-4-2-3-9-12(8-5-6-8)11(7-14)16-13(9)10/h2-4,8H,5-7,14H2,1H3. The van der Waals surface area contributed by atoms with Gasteiger partial charge in [-0.2, -0.15) is 0 Å². The normalized spacial score (nSPS) is 15.6. The summed E-state index contributed by atoms with van der Waals surface area (Å²) in [6, 6.07) is 6.29. The van der Waals surface area contributed by atoms with Gasteiger partial charge in [-0.25, -0.2) is 0 Å². The highest BCUT2D eigenvalue weighted by atomic mass is 32.1. The monoisotopic (exact) mass is 233 g/mol. The van der Waals surface area contributed by atoms with Crippen LogP contribution in [0.25, 0.3) is 10.1 Å². The van der Waals surface area contributed by atoms with Gasteiger partial charge in [0.2, 0.25) is 0 Å². The molecule has 1 heterocycles. The van der Waals surface area contributed by atoms with E-state index in [1.807, 2.05) is 6.07 Å². The molecule has 0 bridgehead atoms. The van der Waals surface area contributed by atoms with Crippen molar-refractivity contribution in [3.05, 3.63) is 28.6 Å². The Kier molecular flexibility index (Phi) is 2.37. The molecule has 1 saturated carbocycles. The largest absolute Gasteiger partial charge is 0.495 e. The van der Waals surface area contributed by atoms with Gasteiger partial charge in [-0.15, -0.1) is 11.3 Å². The first kappa shape index (κ1) is 10.1. The third-order valence-electron chi connectivity index (χ3n) is 3.19. The predicted molar refractivity (Wildman–Crippen MR) is 68.2 cm³/mol. The molecule has 0 spiro atoms. The molecule has 0 unspecified atom stereocenters. The lowest BCUT2D eigenvalue weighted by Crippen LogP contribution is -1.96. The van der Waals surface area contributed by atoms with Crippen LogP contribution >= 0.6 is 11.3 Å². The third-order valence-corrected chi connectivity index (χ3v) is 4.44. The molecule has 0 amide bonds. The number of hydrogen-bond donors (Lipinski definition) is 1. The second-order valence-corrected chi connectivity index (χ2v) is 5.36. The Balaban J connectivity index is 2.29. The van der Waals surface area contributed by atoms with Crippen molar-refractivity contribution in [3.8, 4) is 5.75 Å².